The first-order chi connectivity index (χ1) is 14.4. The molecule has 166 valence electrons. The maximum atomic E-state index is 13.4. The molecule has 4 rings (SSSR count). The van der Waals surface area contributed by atoms with Gasteiger partial charge in [-0.1, -0.05) is 58.0 Å². The van der Waals surface area contributed by atoms with Crippen molar-refractivity contribution in [2.24, 2.45) is 17.6 Å². The molecule has 0 saturated carbocycles. The van der Waals surface area contributed by atoms with Gasteiger partial charge in [-0.15, -0.1) is 23.7 Å². The summed E-state index contributed by atoms with van der Waals surface area (Å²) in [5.74, 6) is 1.93. The predicted molar refractivity (Wildman–Crippen MR) is 125 cm³/mol. The van der Waals surface area contributed by atoms with Gasteiger partial charge in [-0.05, 0) is 11.8 Å². The highest BCUT2D eigenvalue weighted by Crippen LogP contribution is 2.34. The van der Waals surface area contributed by atoms with Crippen LogP contribution in [-0.2, 0) is 6.54 Å². The van der Waals surface area contributed by atoms with E-state index < -0.39 is 0 Å². The van der Waals surface area contributed by atoms with E-state index >= 15 is 0 Å². The molecule has 9 heteroatoms. The fraction of sp³-hybridized carbons (Fsp3) is 0.455. The fourth-order valence-electron chi connectivity index (χ4n) is 3.79. The summed E-state index contributed by atoms with van der Waals surface area (Å²) in [6, 6.07) is 9.63. The van der Waals surface area contributed by atoms with Gasteiger partial charge in [-0.3, -0.25) is 4.79 Å². The van der Waals surface area contributed by atoms with E-state index in [9.17, 15) is 4.79 Å². The van der Waals surface area contributed by atoms with E-state index in [1.807, 2.05) is 45.3 Å². The lowest BCUT2D eigenvalue weighted by Gasteiger charge is -2.37. The van der Waals surface area contributed by atoms with Crippen molar-refractivity contribution in [2.75, 3.05) is 6.54 Å². The van der Waals surface area contributed by atoms with Crippen molar-refractivity contribution in [1.82, 2.24) is 24.6 Å². The van der Waals surface area contributed by atoms with Gasteiger partial charge in [0.2, 0.25) is 0 Å². The summed E-state index contributed by atoms with van der Waals surface area (Å²) in [4.78, 5) is 24.7. The summed E-state index contributed by atoms with van der Waals surface area (Å²) in [6.07, 6.45) is 0. The largest absolute Gasteiger partial charge is 0.325 e. The molecule has 0 spiro atoms. The topological polar surface area (TPSA) is 89.9 Å². The number of carbonyl (C=O) groups excluding carboxylic acids is 1. The molecule has 0 radical (unpaired) electrons. The summed E-state index contributed by atoms with van der Waals surface area (Å²) < 4.78 is 1.94. The van der Waals surface area contributed by atoms with Crippen LogP contribution in [0.1, 0.15) is 61.1 Å². The van der Waals surface area contributed by atoms with E-state index in [2.05, 4.69) is 32.7 Å². The highest BCUT2D eigenvalue weighted by molar-refractivity contribution is 7.09. The zero-order chi connectivity index (χ0) is 21.4. The first-order valence-corrected chi connectivity index (χ1v) is 11.3. The van der Waals surface area contributed by atoms with Gasteiger partial charge >= 0.3 is 0 Å². The molecule has 2 aromatic heterocycles. The summed E-state index contributed by atoms with van der Waals surface area (Å²) in [5.41, 5.74) is 7.67. The average molecular weight is 461 g/mol. The van der Waals surface area contributed by atoms with Gasteiger partial charge < -0.3 is 10.6 Å². The lowest BCUT2D eigenvalue weighted by molar-refractivity contribution is 0.0531. The minimum atomic E-state index is -0.157. The number of benzene rings is 1. The Labute approximate surface area is 193 Å². The molecular weight excluding hydrogens is 432 g/mol. The molecule has 2 N–H and O–H groups in total. The van der Waals surface area contributed by atoms with Crippen LogP contribution < -0.4 is 5.73 Å². The molecule has 0 bridgehead atoms. The molecule has 1 aliphatic rings. The van der Waals surface area contributed by atoms with Crippen LogP contribution in [0.15, 0.2) is 35.7 Å². The second-order valence-electron chi connectivity index (χ2n) is 8.41. The first kappa shape index (κ1) is 23.4. The third-order valence-electron chi connectivity index (χ3n) is 5.52. The summed E-state index contributed by atoms with van der Waals surface area (Å²) in [5, 5.41) is 7.34. The predicted octanol–water partition coefficient (Wildman–Crippen LogP) is 4.33. The third-order valence-corrected chi connectivity index (χ3v) is 6.47. The summed E-state index contributed by atoms with van der Waals surface area (Å²) in [6.45, 7) is 9.54. The number of nitrogens with zero attached hydrogens (tertiary/aromatic N) is 5. The Morgan fingerprint density at radius 2 is 1.84 bits per heavy atom. The molecule has 1 aliphatic heterocycles. The van der Waals surface area contributed by atoms with E-state index in [0.717, 1.165) is 16.4 Å². The molecule has 3 aromatic rings. The number of hydrogen-bond donors (Lipinski definition) is 1. The van der Waals surface area contributed by atoms with Crippen LogP contribution in [0.4, 0.5) is 0 Å². The molecular formula is C22H29ClN6OS. The Balaban J connectivity index is 0.00000272. The molecule has 3 heterocycles. The lowest BCUT2D eigenvalue weighted by atomic mass is 9.99. The average Bonchev–Trinajstić information content (AvgIpc) is 3.39. The van der Waals surface area contributed by atoms with Gasteiger partial charge in [0.05, 0.1) is 18.6 Å². The van der Waals surface area contributed by atoms with Crippen molar-refractivity contribution in [3.8, 4) is 11.4 Å². The highest BCUT2D eigenvalue weighted by atomic mass is 35.5. The molecule has 1 aromatic carbocycles. The SMILES string of the molecule is CC(C)[C@H](N)c1nc(C(=O)N2CCn3nc(-c4ccccc4)nc3[C@@H]2C(C)C)cs1.Cl. The van der Waals surface area contributed by atoms with Crippen LogP contribution >= 0.6 is 23.7 Å². The van der Waals surface area contributed by atoms with Gasteiger partial charge in [0.1, 0.15) is 10.7 Å². The molecule has 2 atom stereocenters. The standard InChI is InChI=1S/C22H28N6OS.ClH/c1-13(2)17(23)21-24-16(12-30-21)22(29)27-10-11-28-20(18(27)14(3)4)25-19(26-28)15-8-6-5-7-9-15;/h5-9,12-14,17-18H,10-11,23H2,1-4H3;1H/t17-,18-;/m0./s1. The number of nitrogens with two attached hydrogens (primary N) is 1. The van der Waals surface area contributed by atoms with Crippen LogP contribution in [0, 0.1) is 11.8 Å². The van der Waals surface area contributed by atoms with Gasteiger partial charge in [0.15, 0.2) is 11.6 Å². The number of fused-ring (bicyclic) bond motifs is 1. The minimum Gasteiger partial charge on any atom is -0.325 e. The molecule has 0 saturated heterocycles. The van der Waals surface area contributed by atoms with Crippen LogP contribution in [0.25, 0.3) is 11.4 Å². The lowest BCUT2D eigenvalue weighted by Crippen LogP contribution is -2.44. The van der Waals surface area contributed by atoms with Gasteiger partial charge in [0.25, 0.3) is 5.91 Å². The normalized spacial score (nSPS) is 16.9. The van der Waals surface area contributed by atoms with Crippen LogP contribution in [0.5, 0.6) is 0 Å². The maximum Gasteiger partial charge on any atom is 0.274 e. The van der Waals surface area contributed by atoms with E-state index in [1.165, 1.54) is 11.3 Å². The smallest absolute Gasteiger partial charge is 0.274 e. The highest BCUT2D eigenvalue weighted by Gasteiger charge is 2.37. The van der Waals surface area contributed by atoms with E-state index in [1.54, 1.807) is 0 Å². The number of amides is 1. The number of thiazole rings is 1. The zero-order valence-electron chi connectivity index (χ0n) is 18.2. The van der Waals surface area contributed by atoms with Crippen molar-refractivity contribution in [3.63, 3.8) is 0 Å². The molecule has 31 heavy (non-hydrogen) atoms. The van der Waals surface area contributed by atoms with Crippen molar-refractivity contribution < 1.29 is 4.79 Å². The van der Waals surface area contributed by atoms with Gasteiger partial charge in [-0.2, -0.15) is 5.10 Å². The number of carbonyl (C=O) groups is 1. The van der Waals surface area contributed by atoms with Crippen molar-refractivity contribution in [2.45, 2.75) is 46.3 Å². The van der Waals surface area contributed by atoms with E-state index in [-0.39, 0.29) is 42.2 Å². The molecule has 7 nitrogen and oxygen atoms in total. The molecule has 0 fully saturated rings. The Morgan fingerprint density at radius 1 is 1.13 bits per heavy atom. The summed E-state index contributed by atoms with van der Waals surface area (Å²) >= 11 is 1.46. The number of halogens is 1. The maximum absolute atomic E-state index is 13.4. The molecule has 0 unspecified atom stereocenters. The van der Waals surface area contributed by atoms with Crippen molar-refractivity contribution >= 4 is 29.7 Å². The van der Waals surface area contributed by atoms with Crippen LogP contribution in [0.3, 0.4) is 0 Å². The fourth-order valence-corrected chi connectivity index (χ4v) is 4.75. The molecule has 1 amide bonds. The Hall–Kier alpha value is -2.29. The monoisotopic (exact) mass is 460 g/mol. The Bertz CT molecular complexity index is 1030. The van der Waals surface area contributed by atoms with Crippen LogP contribution in [-0.4, -0.2) is 37.1 Å². The van der Waals surface area contributed by atoms with E-state index in [0.29, 0.717) is 24.6 Å². The number of aromatic nitrogens is 4. The zero-order valence-corrected chi connectivity index (χ0v) is 19.9. The Kier molecular flexibility index (Phi) is 7.13. The number of rotatable bonds is 5. The van der Waals surface area contributed by atoms with Crippen molar-refractivity contribution in [1.29, 1.82) is 0 Å². The van der Waals surface area contributed by atoms with E-state index in [4.69, 9.17) is 15.8 Å². The second kappa shape index (κ2) is 9.46. The van der Waals surface area contributed by atoms with Crippen LogP contribution in [0.2, 0.25) is 0 Å². The first-order valence-electron chi connectivity index (χ1n) is 10.4. The molecule has 0 aliphatic carbocycles. The van der Waals surface area contributed by atoms with Gasteiger partial charge in [0, 0.05) is 17.5 Å². The van der Waals surface area contributed by atoms with Crippen molar-refractivity contribution in [3.05, 3.63) is 52.2 Å². The second-order valence-corrected chi connectivity index (χ2v) is 9.30. The third kappa shape index (κ3) is 4.51. The minimum absolute atomic E-state index is 0. The Morgan fingerprint density at radius 3 is 2.48 bits per heavy atom. The quantitative estimate of drug-likeness (QED) is 0.611. The number of hydrogen-bond acceptors (Lipinski definition) is 6. The summed E-state index contributed by atoms with van der Waals surface area (Å²) in [7, 11) is 0. The van der Waals surface area contributed by atoms with Gasteiger partial charge in [-0.25, -0.2) is 14.6 Å².